The highest BCUT2D eigenvalue weighted by Crippen LogP contribution is 2.29. The van der Waals surface area contributed by atoms with E-state index in [1.54, 1.807) is 6.20 Å². The van der Waals surface area contributed by atoms with Crippen molar-refractivity contribution < 1.29 is 0 Å². The van der Waals surface area contributed by atoms with Gasteiger partial charge in [0.15, 0.2) is 0 Å². The summed E-state index contributed by atoms with van der Waals surface area (Å²) in [7, 11) is 0. The monoisotopic (exact) mass is 304 g/mol. The van der Waals surface area contributed by atoms with Gasteiger partial charge in [0.1, 0.15) is 5.65 Å². The molecule has 2 aromatic heterocycles. The fourth-order valence-corrected chi connectivity index (χ4v) is 2.93. The van der Waals surface area contributed by atoms with Gasteiger partial charge in [-0.1, -0.05) is 41.9 Å². The average Bonchev–Trinajstić information content (AvgIpc) is 2.91. The number of nitrogens with zero attached hydrogens (tertiary/aromatic N) is 2. The molecule has 1 atom stereocenters. The molecule has 2 heterocycles. The Morgan fingerprint density at radius 3 is 2.65 bits per heavy atom. The van der Waals surface area contributed by atoms with Crippen molar-refractivity contribution in [3.05, 3.63) is 65.4 Å². The van der Waals surface area contributed by atoms with Crippen LogP contribution in [-0.4, -0.2) is 15.4 Å². The Hall–Kier alpha value is -1.51. The number of benzene rings is 1. The van der Waals surface area contributed by atoms with Gasteiger partial charge in [0.25, 0.3) is 0 Å². The second-order valence-electron chi connectivity index (χ2n) is 4.66. The van der Waals surface area contributed by atoms with Crippen molar-refractivity contribution in [2.75, 3.05) is 5.88 Å². The lowest BCUT2D eigenvalue weighted by atomic mass is 10.0. The normalized spacial score (nSPS) is 12.7. The Morgan fingerprint density at radius 1 is 1.10 bits per heavy atom. The van der Waals surface area contributed by atoms with Crippen LogP contribution in [0.5, 0.6) is 0 Å². The third-order valence-corrected chi connectivity index (χ3v) is 4.01. The van der Waals surface area contributed by atoms with Crippen molar-refractivity contribution in [2.45, 2.75) is 12.5 Å². The van der Waals surface area contributed by atoms with Crippen LogP contribution in [0.4, 0.5) is 0 Å². The molecule has 0 saturated carbocycles. The first-order chi connectivity index (χ1) is 9.81. The lowest BCUT2D eigenvalue weighted by Gasteiger charge is -2.19. The number of pyridine rings is 1. The molecule has 0 aliphatic heterocycles. The molecule has 20 heavy (non-hydrogen) atoms. The zero-order valence-electron chi connectivity index (χ0n) is 10.8. The van der Waals surface area contributed by atoms with Gasteiger partial charge in [-0.15, -0.1) is 11.6 Å². The van der Waals surface area contributed by atoms with E-state index < -0.39 is 0 Å². The Bertz CT molecular complexity index is 707. The summed E-state index contributed by atoms with van der Waals surface area (Å²) in [6.45, 7) is 0. The lowest BCUT2D eigenvalue weighted by Crippen LogP contribution is -2.10. The molecule has 2 nitrogen and oxygen atoms in total. The number of hydrogen-bond acceptors (Lipinski definition) is 1. The third kappa shape index (κ3) is 2.41. The van der Waals surface area contributed by atoms with Gasteiger partial charge in [0.05, 0.1) is 11.1 Å². The summed E-state index contributed by atoms with van der Waals surface area (Å²) in [6, 6.07) is 14.3. The minimum absolute atomic E-state index is 0.178. The highest BCUT2D eigenvalue weighted by Gasteiger charge is 2.16. The number of hydrogen-bond donors (Lipinski definition) is 0. The van der Waals surface area contributed by atoms with E-state index in [1.807, 2.05) is 36.5 Å². The van der Waals surface area contributed by atoms with Crippen molar-refractivity contribution in [1.82, 2.24) is 9.55 Å². The molecule has 0 fully saturated rings. The summed E-state index contributed by atoms with van der Waals surface area (Å²) >= 11 is 12.2. The van der Waals surface area contributed by atoms with Gasteiger partial charge in [0, 0.05) is 23.7 Å². The molecule has 0 spiro atoms. The summed E-state index contributed by atoms with van der Waals surface area (Å²) in [6.07, 6.45) is 4.63. The molecule has 4 heteroatoms. The zero-order chi connectivity index (χ0) is 13.9. The Balaban J connectivity index is 2.13. The highest BCUT2D eigenvalue weighted by atomic mass is 35.5. The van der Waals surface area contributed by atoms with Crippen molar-refractivity contribution in [3.63, 3.8) is 0 Å². The maximum absolute atomic E-state index is 6.22. The summed E-state index contributed by atoms with van der Waals surface area (Å²) in [5.74, 6) is 0.597. The highest BCUT2D eigenvalue weighted by molar-refractivity contribution is 6.35. The van der Waals surface area contributed by atoms with Crippen molar-refractivity contribution in [3.8, 4) is 0 Å². The van der Waals surface area contributed by atoms with Crippen molar-refractivity contribution >= 4 is 34.2 Å². The molecule has 0 amide bonds. The quantitative estimate of drug-likeness (QED) is 0.626. The maximum atomic E-state index is 6.22. The van der Waals surface area contributed by atoms with Gasteiger partial charge in [-0.2, -0.15) is 0 Å². The van der Waals surface area contributed by atoms with Crippen molar-refractivity contribution in [2.24, 2.45) is 0 Å². The molecule has 0 N–H and O–H groups in total. The first kappa shape index (κ1) is 13.5. The number of fused-ring (bicyclic) bond motifs is 1. The maximum Gasteiger partial charge on any atom is 0.141 e. The van der Waals surface area contributed by atoms with Gasteiger partial charge in [0.2, 0.25) is 0 Å². The van der Waals surface area contributed by atoms with Crippen LogP contribution >= 0.6 is 23.2 Å². The standard InChI is InChI=1S/C16H14Cl2N2/c17-9-6-15(12-4-2-1-3-5-12)20-11-8-13-14(18)7-10-19-16(13)20/h1-5,7-8,10-11,15H,6,9H2. The van der Waals surface area contributed by atoms with Crippen LogP contribution < -0.4 is 0 Å². The van der Waals surface area contributed by atoms with Crippen LogP contribution in [0, 0.1) is 0 Å². The SMILES string of the molecule is ClCCC(c1ccccc1)n1ccc2c(Cl)ccnc21. The van der Waals surface area contributed by atoms with E-state index in [2.05, 4.69) is 21.7 Å². The molecule has 0 bridgehead atoms. The van der Waals surface area contributed by atoms with Gasteiger partial charge in [-0.25, -0.2) is 4.98 Å². The number of rotatable bonds is 4. The number of alkyl halides is 1. The van der Waals surface area contributed by atoms with Crippen LogP contribution in [0.2, 0.25) is 5.02 Å². The van der Waals surface area contributed by atoms with Crippen LogP contribution in [0.1, 0.15) is 18.0 Å². The second kappa shape index (κ2) is 5.86. The molecular weight excluding hydrogens is 291 g/mol. The summed E-state index contributed by atoms with van der Waals surface area (Å²) in [5, 5.41) is 1.70. The topological polar surface area (TPSA) is 17.8 Å². The van der Waals surface area contributed by atoms with E-state index in [4.69, 9.17) is 23.2 Å². The van der Waals surface area contributed by atoms with E-state index in [9.17, 15) is 0 Å². The van der Waals surface area contributed by atoms with Gasteiger partial charge >= 0.3 is 0 Å². The largest absolute Gasteiger partial charge is 0.325 e. The smallest absolute Gasteiger partial charge is 0.141 e. The molecule has 0 aliphatic rings. The first-order valence-electron chi connectivity index (χ1n) is 6.53. The fourth-order valence-electron chi connectivity index (χ4n) is 2.52. The first-order valence-corrected chi connectivity index (χ1v) is 7.44. The molecule has 3 rings (SSSR count). The Morgan fingerprint density at radius 2 is 1.90 bits per heavy atom. The number of aromatic nitrogens is 2. The van der Waals surface area contributed by atoms with E-state index in [1.165, 1.54) is 5.56 Å². The minimum atomic E-state index is 0.178. The Labute approximate surface area is 128 Å². The van der Waals surface area contributed by atoms with Crippen LogP contribution in [0.25, 0.3) is 11.0 Å². The molecule has 0 saturated heterocycles. The number of halogens is 2. The molecule has 0 radical (unpaired) electrons. The molecule has 3 aromatic rings. The average molecular weight is 305 g/mol. The third-order valence-electron chi connectivity index (χ3n) is 3.46. The predicted molar refractivity (Wildman–Crippen MR) is 84.7 cm³/mol. The fraction of sp³-hybridized carbons (Fsp3) is 0.188. The predicted octanol–water partition coefficient (Wildman–Crippen LogP) is 4.91. The lowest BCUT2D eigenvalue weighted by molar-refractivity contribution is 0.584. The Kier molecular flexibility index (Phi) is 3.95. The summed E-state index contributed by atoms with van der Waals surface area (Å²) in [4.78, 5) is 4.47. The molecule has 1 unspecified atom stereocenters. The molecule has 0 aliphatic carbocycles. The van der Waals surface area contributed by atoms with Gasteiger partial charge in [-0.05, 0) is 24.1 Å². The van der Waals surface area contributed by atoms with Crippen LogP contribution in [-0.2, 0) is 0 Å². The van der Waals surface area contributed by atoms with Crippen LogP contribution in [0.15, 0.2) is 54.9 Å². The molecule has 102 valence electrons. The van der Waals surface area contributed by atoms with E-state index in [-0.39, 0.29) is 6.04 Å². The summed E-state index contributed by atoms with van der Waals surface area (Å²) in [5.41, 5.74) is 2.13. The van der Waals surface area contributed by atoms with Crippen LogP contribution in [0.3, 0.4) is 0 Å². The second-order valence-corrected chi connectivity index (χ2v) is 5.44. The van der Waals surface area contributed by atoms with E-state index in [0.29, 0.717) is 5.88 Å². The van der Waals surface area contributed by atoms with E-state index in [0.717, 1.165) is 22.5 Å². The summed E-state index contributed by atoms with van der Waals surface area (Å²) < 4.78 is 2.15. The van der Waals surface area contributed by atoms with Gasteiger partial charge < -0.3 is 4.57 Å². The van der Waals surface area contributed by atoms with E-state index >= 15 is 0 Å². The minimum Gasteiger partial charge on any atom is -0.325 e. The molecular formula is C16H14Cl2N2. The van der Waals surface area contributed by atoms with Crippen molar-refractivity contribution in [1.29, 1.82) is 0 Å². The van der Waals surface area contributed by atoms with Gasteiger partial charge in [-0.3, -0.25) is 0 Å². The zero-order valence-corrected chi connectivity index (χ0v) is 12.3. The molecule has 1 aromatic carbocycles.